The highest BCUT2D eigenvalue weighted by atomic mass is 32.1. The van der Waals surface area contributed by atoms with Crippen LogP contribution in [0, 0.1) is 0 Å². The molecule has 2 aromatic heterocycles. The smallest absolute Gasteiger partial charge is 0.125 e. The van der Waals surface area contributed by atoms with Gasteiger partial charge in [0.05, 0.1) is 12.3 Å². The standard InChI is InChI=1S/C12H15N3OS/c1-8(13)11-10(7-16-2)15-12(17-11)9-4-3-5-14-6-9/h3-6,8H,7,13H2,1-2H3. The molecule has 2 rings (SSSR count). The molecule has 1 atom stereocenters. The molecule has 0 aromatic carbocycles. The van der Waals surface area contributed by atoms with E-state index < -0.39 is 0 Å². The van der Waals surface area contributed by atoms with E-state index >= 15 is 0 Å². The molecule has 0 bridgehead atoms. The molecule has 17 heavy (non-hydrogen) atoms. The van der Waals surface area contributed by atoms with Gasteiger partial charge in [-0.15, -0.1) is 11.3 Å². The Morgan fingerprint density at radius 1 is 1.53 bits per heavy atom. The molecule has 2 heterocycles. The van der Waals surface area contributed by atoms with Crippen molar-refractivity contribution >= 4 is 11.3 Å². The number of hydrogen-bond donors (Lipinski definition) is 1. The van der Waals surface area contributed by atoms with Gasteiger partial charge in [-0.3, -0.25) is 4.98 Å². The molecule has 0 radical (unpaired) electrons. The highest BCUT2D eigenvalue weighted by Gasteiger charge is 2.15. The van der Waals surface area contributed by atoms with Crippen LogP contribution in [0.4, 0.5) is 0 Å². The van der Waals surface area contributed by atoms with Crippen LogP contribution in [0.2, 0.25) is 0 Å². The van der Waals surface area contributed by atoms with E-state index in [0.717, 1.165) is 21.1 Å². The Labute approximate surface area is 104 Å². The molecule has 4 nitrogen and oxygen atoms in total. The van der Waals surface area contributed by atoms with Gasteiger partial charge in [-0.1, -0.05) is 0 Å². The van der Waals surface area contributed by atoms with Gasteiger partial charge in [-0.05, 0) is 19.1 Å². The maximum Gasteiger partial charge on any atom is 0.125 e. The first-order valence-electron chi connectivity index (χ1n) is 5.37. The van der Waals surface area contributed by atoms with Crippen LogP contribution in [-0.4, -0.2) is 17.1 Å². The van der Waals surface area contributed by atoms with Crippen LogP contribution in [-0.2, 0) is 11.3 Å². The van der Waals surface area contributed by atoms with Gasteiger partial charge in [0, 0.05) is 36.0 Å². The van der Waals surface area contributed by atoms with Crippen molar-refractivity contribution < 1.29 is 4.74 Å². The van der Waals surface area contributed by atoms with E-state index in [0.29, 0.717) is 6.61 Å². The summed E-state index contributed by atoms with van der Waals surface area (Å²) < 4.78 is 5.14. The SMILES string of the molecule is COCc1nc(-c2cccnc2)sc1C(C)N. The summed E-state index contributed by atoms with van der Waals surface area (Å²) in [5.41, 5.74) is 7.87. The van der Waals surface area contributed by atoms with Gasteiger partial charge >= 0.3 is 0 Å². The minimum atomic E-state index is -0.0249. The number of nitrogens with two attached hydrogens (primary N) is 1. The molecule has 0 aliphatic heterocycles. The summed E-state index contributed by atoms with van der Waals surface area (Å²) in [5.74, 6) is 0. The van der Waals surface area contributed by atoms with Crippen LogP contribution >= 0.6 is 11.3 Å². The second kappa shape index (κ2) is 5.35. The summed E-state index contributed by atoms with van der Waals surface area (Å²) in [7, 11) is 1.66. The zero-order valence-electron chi connectivity index (χ0n) is 9.88. The molecule has 2 N–H and O–H groups in total. The molecule has 0 saturated carbocycles. The summed E-state index contributed by atoms with van der Waals surface area (Å²) in [6, 6.07) is 3.87. The summed E-state index contributed by atoms with van der Waals surface area (Å²) >= 11 is 1.60. The minimum absolute atomic E-state index is 0.0249. The van der Waals surface area contributed by atoms with Gasteiger partial charge in [-0.2, -0.15) is 0 Å². The third-order valence-electron chi connectivity index (χ3n) is 2.33. The number of aromatic nitrogens is 2. The predicted octanol–water partition coefficient (Wildman–Crippen LogP) is 2.37. The fraction of sp³-hybridized carbons (Fsp3) is 0.333. The second-order valence-corrected chi connectivity index (χ2v) is 4.82. The first kappa shape index (κ1) is 12.2. The molecule has 0 fully saturated rings. The zero-order chi connectivity index (χ0) is 12.3. The largest absolute Gasteiger partial charge is 0.378 e. The second-order valence-electron chi connectivity index (χ2n) is 3.79. The third-order valence-corrected chi connectivity index (χ3v) is 3.68. The number of pyridine rings is 1. The fourth-order valence-electron chi connectivity index (χ4n) is 1.57. The van der Waals surface area contributed by atoms with E-state index in [9.17, 15) is 0 Å². The van der Waals surface area contributed by atoms with E-state index in [1.165, 1.54) is 0 Å². The van der Waals surface area contributed by atoms with Crippen molar-refractivity contribution in [3.8, 4) is 10.6 Å². The highest BCUT2D eigenvalue weighted by molar-refractivity contribution is 7.15. The first-order chi connectivity index (χ1) is 8.22. The van der Waals surface area contributed by atoms with Crippen LogP contribution in [0.1, 0.15) is 23.5 Å². The summed E-state index contributed by atoms with van der Waals surface area (Å²) in [4.78, 5) is 9.73. The number of methoxy groups -OCH3 is 1. The van der Waals surface area contributed by atoms with Crippen molar-refractivity contribution in [2.45, 2.75) is 19.6 Å². The molecule has 0 amide bonds. The van der Waals surface area contributed by atoms with Crippen molar-refractivity contribution in [2.75, 3.05) is 7.11 Å². The lowest BCUT2D eigenvalue weighted by Gasteiger charge is -2.03. The molecular weight excluding hydrogens is 234 g/mol. The topological polar surface area (TPSA) is 61.0 Å². The van der Waals surface area contributed by atoms with E-state index in [2.05, 4.69) is 9.97 Å². The monoisotopic (exact) mass is 249 g/mol. The average Bonchev–Trinajstić information content (AvgIpc) is 2.75. The van der Waals surface area contributed by atoms with Gasteiger partial charge in [0.2, 0.25) is 0 Å². The maximum atomic E-state index is 5.94. The Kier molecular flexibility index (Phi) is 3.83. The molecule has 0 saturated heterocycles. The average molecular weight is 249 g/mol. The number of rotatable bonds is 4. The number of thiazole rings is 1. The predicted molar refractivity (Wildman–Crippen MR) is 68.7 cm³/mol. The van der Waals surface area contributed by atoms with Gasteiger partial charge in [0.25, 0.3) is 0 Å². The van der Waals surface area contributed by atoms with Gasteiger partial charge < -0.3 is 10.5 Å². The lowest BCUT2D eigenvalue weighted by Crippen LogP contribution is -2.06. The Hall–Kier alpha value is -1.30. The maximum absolute atomic E-state index is 5.94. The Balaban J connectivity index is 2.40. The molecule has 5 heteroatoms. The highest BCUT2D eigenvalue weighted by Crippen LogP contribution is 2.31. The van der Waals surface area contributed by atoms with Crippen LogP contribution in [0.25, 0.3) is 10.6 Å². The van der Waals surface area contributed by atoms with E-state index in [1.807, 2.05) is 19.1 Å². The van der Waals surface area contributed by atoms with Gasteiger partial charge in [0.15, 0.2) is 0 Å². The van der Waals surface area contributed by atoms with Crippen molar-refractivity contribution in [2.24, 2.45) is 5.73 Å². The third kappa shape index (κ3) is 2.69. The van der Waals surface area contributed by atoms with Crippen molar-refractivity contribution in [1.29, 1.82) is 0 Å². The fourth-order valence-corrected chi connectivity index (χ4v) is 2.58. The van der Waals surface area contributed by atoms with Crippen molar-refractivity contribution in [1.82, 2.24) is 9.97 Å². The van der Waals surface area contributed by atoms with E-state index in [4.69, 9.17) is 10.5 Å². The Morgan fingerprint density at radius 2 is 2.35 bits per heavy atom. The summed E-state index contributed by atoms with van der Waals surface area (Å²) in [6.07, 6.45) is 3.56. The van der Waals surface area contributed by atoms with Gasteiger partial charge in [0.1, 0.15) is 5.01 Å². The molecule has 90 valence electrons. The molecule has 2 aromatic rings. The summed E-state index contributed by atoms with van der Waals surface area (Å²) in [5, 5.41) is 0.942. The zero-order valence-corrected chi connectivity index (χ0v) is 10.7. The number of hydrogen-bond acceptors (Lipinski definition) is 5. The molecule has 1 unspecified atom stereocenters. The van der Waals surface area contributed by atoms with E-state index in [1.54, 1.807) is 30.8 Å². The quantitative estimate of drug-likeness (QED) is 0.903. The van der Waals surface area contributed by atoms with Crippen LogP contribution in [0.3, 0.4) is 0 Å². The lowest BCUT2D eigenvalue weighted by molar-refractivity contribution is 0.181. The molecular formula is C12H15N3OS. The molecule has 0 spiro atoms. The van der Waals surface area contributed by atoms with Gasteiger partial charge in [-0.25, -0.2) is 4.98 Å². The Morgan fingerprint density at radius 3 is 2.94 bits per heavy atom. The normalized spacial score (nSPS) is 12.6. The number of nitrogens with zero attached hydrogens (tertiary/aromatic N) is 2. The van der Waals surface area contributed by atoms with Crippen LogP contribution < -0.4 is 5.73 Å². The lowest BCUT2D eigenvalue weighted by atomic mass is 10.2. The van der Waals surface area contributed by atoms with Crippen molar-refractivity contribution in [3.63, 3.8) is 0 Å². The van der Waals surface area contributed by atoms with Crippen LogP contribution in [0.15, 0.2) is 24.5 Å². The van der Waals surface area contributed by atoms with E-state index in [-0.39, 0.29) is 6.04 Å². The Bertz CT molecular complexity index is 482. The number of ether oxygens (including phenoxy) is 1. The molecule has 0 aliphatic rings. The molecule has 0 aliphatic carbocycles. The summed E-state index contributed by atoms with van der Waals surface area (Å²) in [6.45, 7) is 2.45. The van der Waals surface area contributed by atoms with Crippen molar-refractivity contribution in [3.05, 3.63) is 35.1 Å². The minimum Gasteiger partial charge on any atom is -0.378 e. The van der Waals surface area contributed by atoms with Crippen LogP contribution in [0.5, 0.6) is 0 Å². The first-order valence-corrected chi connectivity index (χ1v) is 6.18.